The van der Waals surface area contributed by atoms with Crippen LogP contribution in [-0.4, -0.2) is 25.0 Å². The summed E-state index contributed by atoms with van der Waals surface area (Å²) in [4.78, 5) is 2.52. The van der Waals surface area contributed by atoms with E-state index in [0.717, 1.165) is 5.92 Å². The van der Waals surface area contributed by atoms with Crippen LogP contribution in [0.15, 0.2) is 0 Å². The van der Waals surface area contributed by atoms with Gasteiger partial charge < -0.3 is 4.90 Å². The molecular formula is C14H29N. The third kappa shape index (κ3) is 2.38. The van der Waals surface area contributed by atoms with E-state index < -0.39 is 0 Å². The Bertz CT molecular complexity index is 213. The Balaban J connectivity index is 2.80. The van der Waals surface area contributed by atoms with Crippen LogP contribution in [0, 0.1) is 16.7 Å². The minimum Gasteiger partial charge on any atom is -0.305 e. The highest BCUT2D eigenvalue weighted by Gasteiger charge is 2.49. The molecule has 15 heavy (non-hydrogen) atoms. The predicted octanol–water partition coefficient (Wildman–Crippen LogP) is 3.79. The van der Waals surface area contributed by atoms with E-state index in [1.54, 1.807) is 0 Å². The van der Waals surface area contributed by atoms with Crippen molar-refractivity contribution in [2.24, 2.45) is 16.7 Å². The van der Waals surface area contributed by atoms with Crippen LogP contribution in [-0.2, 0) is 0 Å². The zero-order chi connectivity index (χ0) is 11.7. The molecule has 1 heterocycles. The van der Waals surface area contributed by atoms with Crippen molar-refractivity contribution in [3.05, 3.63) is 0 Å². The first kappa shape index (κ1) is 13.0. The van der Waals surface area contributed by atoms with Gasteiger partial charge in [0.25, 0.3) is 0 Å². The van der Waals surface area contributed by atoms with Gasteiger partial charge >= 0.3 is 0 Å². The SMILES string of the molecule is CCC(C)C[C@@]1(C)CN(C)C[C@@]1(C)CC. The third-order valence-corrected chi connectivity index (χ3v) is 4.97. The van der Waals surface area contributed by atoms with Gasteiger partial charge in [-0.3, -0.25) is 0 Å². The second kappa shape index (κ2) is 4.45. The van der Waals surface area contributed by atoms with Crippen LogP contribution in [0.5, 0.6) is 0 Å². The lowest BCUT2D eigenvalue weighted by Crippen LogP contribution is -2.37. The maximum atomic E-state index is 2.52. The molecule has 1 rings (SSSR count). The van der Waals surface area contributed by atoms with Gasteiger partial charge in [-0.05, 0) is 36.6 Å². The Labute approximate surface area is 96.2 Å². The van der Waals surface area contributed by atoms with Crippen molar-refractivity contribution in [2.75, 3.05) is 20.1 Å². The summed E-state index contributed by atoms with van der Waals surface area (Å²) in [5, 5.41) is 0. The van der Waals surface area contributed by atoms with Crippen LogP contribution in [0.3, 0.4) is 0 Å². The molecule has 3 atom stereocenters. The minimum atomic E-state index is 0.519. The van der Waals surface area contributed by atoms with Gasteiger partial charge in [-0.25, -0.2) is 0 Å². The lowest BCUT2D eigenvalue weighted by molar-refractivity contribution is 0.0970. The monoisotopic (exact) mass is 211 g/mol. The van der Waals surface area contributed by atoms with Gasteiger partial charge in [0.05, 0.1) is 0 Å². The van der Waals surface area contributed by atoms with Gasteiger partial charge in [0.1, 0.15) is 0 Å². The van der Waals surface area contributed by atoms with E-state index in [1.807, 2.05) is 0 Å². The Kier molecular flexibility index (Phi) is 3.86. The van der Waals surface area contributed by atoms with E-state index in [-0.39, 0.29) is 0 Å². The van der Waals surface area contributed by atoms with Gasteiger partial charge in [0, 0.05) is 13.1 Å². The van der Waals surface area contributed by atoms with Gasteiger partial charge in [0.15, 0.2) is 0 Å². The molecule has 0 amide bonds. The highest BCUT2D eigenvalue weighted by Crippen LogP contribution is 2.51. The molecule has 0 spiro atoms. The van der Waals surface area contributed by atoms with E-state index in [4.69, 9.17) is 0 Å². The molecule has 0 aromatic carbocycles. The molecule has 0 bridgehead atoms. The summed E-state index contributed by atoms with van der Waals surface area (Å²) in [5.41, 5.74) is 1.04. The van der Waals surface area contributed by atoms with Gasteiger partial charge in [-0.1, -0.05) is 41.0 Å². The fraction of sp³-hybridized carbons (Fsp3) is 1.00. The first-order valence-corrected chi connectivity index (χ1v) is 6.55. The first-order chi connectivity index (χ1) is 6.87. The molecule has 0 aromatic heterocycles. The lowest BCUT2D eigenvalue weighted by Gasteiger charge is -2.41. The van der Waals surface area contributed by atoms with Crippen LogP contribution in [0.25, 0.3) is 0 Å². The summed E-state index contributed by atoms with van der Waals surface area (Å²) in [6.45, 7) is 14.6. The topological polar surface area (TPSA) is 3.24 Å². The van der Waals surface area contributed by atoms with Crippen molar-refractivity contribution in [2.45, 2.75) is 53.9 Å². The van der Waals surface area contributed by atoms with Crippen molar-refractivity contribution < 1.29 is 0 Å². The van der Waals surface area contributed by atoms with Crippen LogP contribution in [0.1, 0.15) is 53.9 Å². The van der Waals surface area contributed by atoms with Crippen molar-refractivity contribution >= 4 is 0 Å². The molecule has 1 fully saturated rings. The van der Waals surface area contributed by atoms with Gasteiger partial charge in [-0.2, -0.15) is 0 Å². The summed E-state index contributed by atoms with van der Waals surface area (Å²) in [5.74, 6) is 0.868. The average molecular weight is 211 g/mol. The van der Waals surface area contributed by atoms with Crippen LogP contribution >= 0.6 is 0 Å². The van der Waals surface area contributed by atoms with Crippen LogP contribution in [0.4, 0.5) is 0 Å². The summed E-state index contributed by atoms with van der Waals surface area (Å²) in [6.07, 6.45) is 4.02. The number of rotatable bonds is 4. The molecule has 90 valence electrons. The molecule has 0 aliphatic carbocycles. The highest BCUT2D eigenvalue weighted by atomic mass is 15.1. The highest BCUT2D eigenvalue weighted by molar-refractivity contribution is 5.01. The summed E-state index contributed by atoms with van der Waals surface area (Å²) in [7, 11) is 2.27. The van der Waals surface area contributed by atoms with Crippen LogP contribution < -0.4 is 0 Å². The molecule has 1 saturated heterocycles. The molecule has 1 unspecified atom stereocenters. The first-order valence-electron chi connectivity index (χ1n) is 6.55. The number of hydrogen-bond acceptors (Lipinski definition) is 1. The molecule has 1 aliphatic heterocycles. The number of hydrogen-bond donors (Lipinski definition) is 0. The van der Waals surface area contributed by atoms with E-state index in [1.165, 1.54) is 32.4 Å². The molecule has 0 saturated carbocycles. The second-order valence-electron chi connectivity index (χ2n) is 6.36. The average Bonchev–Trinajstić information content (AvgIpc) is 2.37. The minimum absolute atomic E-state index is 0.519. The van der Waals surface area contributed by atoms with E-state index >= 15 is 0 Å². The van der Waals surface area contributed by atoms with Gasteiger partial charge in [0.2, 0.25) is 0 Å². The fourth-order valence-corrected chi connectivity index (χ4v) is 3.39. The summed E-state index contributed by atoms with van der Waals surface area (Å²) >= 11 is 0. The predicted molar refractivity (Wildman–Crippen MR) is 68.1 cm³/mol. The van der Waals surface area contributed by atoms with Gasteiger partial charge in [-0.15, -0.1) is 0 Å². The summed E-state index contributed by atoms with van der Waals surface area (Å²) < 4.78 is 0. The van der Waals surface area contributed by atoms with Crippen molar-refractivity contribution in [3.8, 4) is 0 Å². The molecule has 0 N–H and O–H groups in total. The third-order valence-electron chi connectivity index (χ3n) is 4.97. The molecule has 1 heteroatoms. The molecule has 0 radical (unpaired) electrons. The lowest BCUT2D eigenvalue weighted by atomic mass is 9.63. The maximum Gasteiger partial charge on any atom is 0.00383 e. The van der Waals surface area contributed by atoms with E-state index in [2.05, 4.69) is 46.6 Å². The second-order valence-corrected chi connectivity index (χ2v) is 6.36. The zero-order valence-electron chi connectivity index (χ0n) is 11.6. The fourth-order valence-electron chi connectivity index (χ4n) is 3.39. The Hall–Kier alpha value is -0.0400. The maximum absolute atomic E-state index is 2.52. The van der Waals surface area contributed by atoms with Crippen molar-refractivity contribution in [1.29, 1.82) is 0 Å². The normalized spacial score (nSPS) is 39.6. The number of nitrogens with zero attached hydrogens (tertiary/aromatic N) is 1. The smallest absolute Gasteiger partial charge is 0.00383 e. The van der Waals surface area contributed by atoms with Crippen molar-refractivity contribution in [1.82, 2.24) is 4.90 Å². The molecule has 1 nitrogen and oxygen atoms in total. The van der Waals surface area contributed by atoms with Crippen molar-refractivity contribution in [3.63, 3.8) is 0 Å². The van der Waals surface area contributed by atoms with E-state index in [9.17, 15) is 0 Å². The molecule has 1 aliphatic rings. The quantitative estimate of drug-likeness (QED) is 0.684. The summed E-state index contributed by atoms with van der Waals surface area (Å²) in [6, 6.07) is 0. The Morgan fingerprint density at radius 1 is 1.13 bits per heavy atom. The largest absolute Gasteiger partial charge is 0.305 e. The standard InChI is InChI=1S/C14H29N/c1-7-12(3)9-14(5)11-15(6)10-13(14,4)8-2/h12H,7-11H2,1-6H3/t12?,13-,14+/m1/s1. The molecule has 0 aromatic rings. The van der Waals surface area contributed by atoms with E-state index in [0.29, 0.717) is 10.8 Å². The molecular weight excluding hydrogens is 182 g/mol. The zero-order valence-corrected chi connectivity index (χ0v) is 11.6. The Morgan fingerprint density at radius 3 is 2.13 bits per heavy atom. The van der Waals surface area contributed by atoms with Crippen LogP contribution in [0.2, 0.25) is 0 Å². The Morgan fingerprint density at radius 2 is 1.67 bits per heavy atom. The number of likely N-dealkylation sites (tertiary alicyclic amines) is 1.